The number of carbonyl (C=O) groups is 1. The van der Waals surface area contributed by atoms with Crippen LogP contribution in [0.3, 0.4) is 0 Å². The van der Waals surface area contributed by atoms with E-state index < -0.39 is 5.63 Å². The maximum atomic E-state index is 12.1. The van der Waals surface area contributed by atoms with E-state index in [0.29, 0.717) is 11.3 Å². The number of urea groups is 1. The molecule has 0 aliphatic heterocycles. The van der Waals surface area contributed by atoms with Crippen molar-refractivity contribution in [1.82, 2.24) is 15.1 Å². The van der Waals surface area contributed by atoms with Crippen molar-refractivity contribution in [1.29, 1.82) is 0 Å². The molecule has 23 heavy (non-hydrogen) atoms. The van der Waals surface area contributed by atoms with Crippen LogP contribution in [0.4, 0.5) is 10.5 Å². The highest BCUT2D eigenvalue weighted by Crippen LogP contribution is 2.18. The number of nitrogens with one attached hydrogen (secondary N) is 2. The van der Waals surface area contributed by atoms with Gasteiger partial charge in [0, 0.05) is 35.9 Å². The second-order valence-corrected chi connectivity index (χ2v) is 5.27. The van der Waals surface area contributed by atoms with Crippen LogP contribution in [0.2, 0.25) is 0 Å². The van der Waals surface area contributed by atoms with Gasteiger partial charge in [-0.1, -0.05) is 0 Å². The van der Waals surface area contributed by atoms with E-state index in [0.717, 1.165) is 10.9 Å². The number of nitrogens with zero attached hydrogens (tertiary/aromatic N) is 2. The lowest BCUT2D eigenvalue weighted by atomic mass is 10.2. The highest BCUT2D eigenvalue weighted by Gasteiger charge is 2.11. The molecular weight excluding hydrogens is 296 g/mol. The van der Waals surface area contributed by atoms with Crippen molar-refractivity contribution in [2.75, 3.05) is 5.32 Å². The molecule has 2 aromatic heterocycles. The summed E-state index contributed by atoms with van der Waals surface area (Å²) in [5.74, 6) is 0. The van der Waals surface area contributed by atoms with Crippen molar-refractivity contribution >= 4 is 22.7 Å². The van der Waals surface area contributed by atoms with Crippen molar-refractivity contribution < 1.29 is 9.21 Å². The molecule has 3 aromatic rings. The van der Waals surface area contributed by atoms with Gasteiger partial charge in [-0.25, -0.2) is 9.59 Å². The number of benzene rings is 1. The second kappa shape index (κ2) is 5.96. The molecule has 0 aliphatic rings. The van der Waals surface area contributed by atoms with Crippen LogP contribution in [0.1, 0.15) is 18.5 Å². The van der Waals surface area contributed by atoms with Gasteiger partial charge in [-0.3, -0.25) is 4.68 Å². The van der Waals surface area contributed by atoms with Crippen LogP contribution >= 0.6 is 0 Å². The van der Waals surface area contributed by atoms with Crippen molar-refractivity contribution in [2.45, 2.75) is 13.0 Å². The zero-order chi connectivity index (χ0) is 16.4. The van der Waals surface area contributed by atoms with Gasteiger partial charge < -0.3 is 15.1 Å². The lowest BCUT2D eigenvalue weighted by Gasteiger charge is -2.13. The molecule has 118 valence electrons. The molecule has 0 unspecified atom stereocenters. The minimum Gasteiger partial charge on any atom is -0.423 e. The molecule has 2 amide bonds. The van der Waals surface area contributed by atoms with Crippen LogP contribution in [0.5, 0.6) is 0 Å². The Kier molecular flexibility index (Phi) is 3.84. The first-order valence-electron chi connectivity index (χ1n) is 7.11. The van der Waals surface area contributed by atoms with Crippen LogP contribution in [-0.2, 0) is 7.05 Å². The molecule has 0 saturated heterocycles. The Labute approximate surface area is 131 Å². The maximum absolute atomic E-state index is 12.1. The summed E-state index contributed by atoms with van der Waals surface area (Å²) in [4.78, 5) is 23.2. The predicted molar refractivity (Wildman–Crippen MR) is 86.3 cm³/mol. The topological polar surface area (TPSA) is 89.2 Å². The molecular formula is C16H16N4O3. The van der Waals surface area contributed by atoms with Gasteiger partial charge in [-0.15, -0.1) is 0 Å². The smallest absolute Gasteiger partial charge is 0.336 e. The Morgan fingerprint density at radius 1 is 1.30 bits per heavy atom. The van der Waals surface area contributed by atoms with Gasteiger partial charge in [0.25, 0.3) is 0 Å². The first-order chi connectivity index (χ1) is 11.0. The number of rotatable bonds is 3. The lowest BCUT2D eigenvalue weighted by Crippen LogP contribution is -2.31. The van der Waals surface area contributed by atoms with E-state index in [2.05, 4.69) is 15.7 Å². The normalized spacial score (nSPS) is 12.1. The SMILES string of the molecule is C[C@@H](NC(=O)Nc1ccc2oc(=O)ccc2c1)c1cnn(C)c1. The maximum Gasteiger partial charge on any atom is 0.336 e. The van der Waals surface area contributed by atoms with Crippen molar-refractivity contribution in [3.63, 3.8) is 0 Å². The number of hydrogen-bond acceptors (Lipinski definition) is 4. The summed E-state index contributed by atoms with van der Waals surface area (Å²) >= 11 is 0. The average molecular weight is 312 g/mol. The summed E-state index contributed by atoms with van der Waals surface area (Å²) in [5, 5.41) is 10.4. The number of anilines is 1. The van der Waals surface area contributed by atoms with Crippen LogP contribution < -0.4 is 16.3 Å². The second-order valence-electron chi connectivity index (χ2n) is 5.27. The number of aromatic nitrogens is 2. The molecule has 1 atom stereocenters. The van der Waals surface area contributed by atoms with Crippen LogP contribution in [-0.4, -0.2) is 15.8 Å². The van der Waals surface area contributed by atoms with E-state index >= 15 is 0 Å². The molecule has 7 nitrogen and oxygen atoms in total. The third-order valence-electron chi connectivity index (χ3n) is 3.45. The zero-order valence-electron chi connectivity index (χ0n) is 12.7. The number of aryl methyl sites for hydroxylation is 1. The van der Waals surface area contributed by atoms with Crippen LogP contribution in [0.25, 0.3) is 11.0 Å². The van der Waals surface area contributed by atoms with E-state index in [1.165, 1.54) is 6.07 Å². The molecule has 1 aromatic carbocycles. The fourth-order valence-corrected chi connectivity index (χ4v) is 2.26. The van der Waals surface area contributed by atoms with Crippen molar-refractivity contribution in [3.05, 3.63) is 58.7 Å². The third-order valence-corrected chi connectivity index (χ3v) is 3.45. The summed E-state index contributed by atoms with van der Waals surface area (Å²) in [5.41, 5.74) is 1.61. The summed E-state index contributed by atoms with van der Waals surface area (Å²) in [6.07, 6.45) is 3.56. The summed E-state index contributed by atoms with van der Waals surface area (Å²) in [6, 6.07) is 7.59. The fourth-order valence-electron chi connectivity index (χ4n) is 2.26. The summed E-state index contributed by atoms with van der Waals surface area (Å²) < 4.78 is 6.74. The van der Waals surface area contributed by atoms with Gasteiger partial charge in [0.15, 0.2) is 0 Å². The van der Waals surface area contributed by atoms with Gasteiger partial charge in [-0.05, 0) is 31.2 Å². The number of carbonyl (C=O) groups excluding carboxylic acids is 1. The minimum absolute atomic E-state index is 0.165. The Hall–Kier alpha value is -3.09. The van der Waals surface area contributed by atoms with E-state index in [1.807, 2.05) is 20.2 Å². The van der Waals surface area contributed by atoms with Crippen LogP contribution in [0, 0.1) is 0 Å². The van der Waals surface area contributed by atoms with E-state index in [9.17, 15) is 9.59 Å². The monoisotopic (exact) mass is 312 g/mol. The standard InChI is InChI=1S/C16H16N4O3/c1-10(12-8-17-20(2)9-12)18-16(22)19-13-4-5-14-11(7-13)3-6-15(21)23-14/h3-10H,1-2H3,(H2,18,19,22)/t10-/m1/s1. The van der Waals surface area contributed by atoms with Gasteiger partial charge in [0.05, 0.1) is 12.2 Å². The van der Waals surface area contributed by atoms with Gasteiger partial charge in [0.2, 0.25) is 0 Å². The molecule has 0 fully saturated rings. The molecule has 0 bridgehead atoms. The van der Waals surface area contributed by atoms with Gasteiger partial charge in [0.1, 0.15) is 5.58 Å². The predicted octanol–water partition coefficient (Wildman–Crippen LogP) is 2.41. The molecule has 2 heterocycles. The molecule has 0 radical (unpaired) electrons. The first kappa shape index (κ1) is 14.8. The molecule has 0 spiro atoms. The number of hydrogen-bond donors (Lipinski definition) is 2. The Morgan fingerprint density at radius 3 is 2.87 bits per heavy atom. The molecule has 3 rings (SSSR count). The average Bonchev–Trinajstić information content (AvgIpc) is 2.94. The van der Waals surface area contributed by atoms with Crippen molar-refractivity contribution in [3.8, 4) is 0 Å². The molecule has 0 saturated carbocycles. The minimum atomic E-state index is -0.402. The van der Waals surface area contributed by atoms with Crippen LogP contribution in [0.15, 0.2) is 51.9 Å². The fraction of sp³-hybridized carbons (Fsp3) is 0.188. The largest absolute Gasteiger partial charge is 0.423 e. The summed E-state index contributed by atoms with van der Waals surface area (Å²) in [6.45, 7) is 1.88. The molecule has 0 aliphatic carbocycles. The van der Waals surface area contributed by atoms with E-state index in [-0.39, 0.29) is 12.1 Å². The van der Waals surface area contributed by atoms with E-state index in [1.54, 1.807) is 35.1 Å². The third kappa shape index (κ3) is 3.39. The summed E-state index contributed by atoms with van der Waals surface area (Å²) in [7, 11) is 1.82. The Bertz CT molecular complexity index is 913. The van der Waals surface area contributed by atoms with Crippen molar-refractivity contribution in [2.24, 2.45) is 7.05 Å². The highest BCUT2D eigenvalue weighted by atomic mass is 16.4. The number of amides is 2. The molecule has 7 heteroatoms. The Morgan fingerprint density at radius 2 is 2.13 bits per heavy atom. The highest BCUT2D eigenvalue weighted by molar-refractivity contribution is 5.92. The first-order valence-corrected chi connectivity index (χ1v) is 7.11. The quantitative estimate of drug-likeness (QED) is 0.727. The Balaban J connectivity index is 1.70. The lowest BCUT2D eigenvalue weighted by molar-refractivity contribution is 0.249. The van der Waals surface area contributed by atoms with Gasteiger partial charge in [-0.2, -0.15) is 5.10 Å². The van der Waals surface area contributed by atoms with E-state index in [4.69, 9.17) is 4.42 Å². The number of fused-ring (bicyclic) bond motifs is 1. The van der Waals surface area contributed by atoms with Gasteiger partial charge >= 0.3 is 11.7 Å². The zero-order valence-corrected chi connectivity index (χ0v) is 12.7. The molecule has 2 N–H and O–H groups in total.